The quantitative estimate of drug-likeness (QED) is 0.386. The number of methoxy groups -OCH3 is 2. The van der Waals surface area contributed by atoms with Crippen LogP contribution >= 0.6 is 0 Å². The van der Waals surface area contributed by atoms with Gasteiger partial charge < -0.3 is 14.8 Å². The molecule has 36 heavy (non-hydrogen) atoms. The molecule has 0 atom stereocenters. The molecule has 10 nitrogen and oxygen atoms in total. The third kappa shape index (κ3) is 3.82. The minimum Gasteiger partial charge on any atom is -0.493 e. The number of nitrogens with zero attached hydrogens (tertiary/aromatic N) is 6. The number of amides is 1. The molecule has 0 radical (unpaired) electrons. The van der Waals surface area contributed by atoms with E-state index >= 15 is 0 Å². The molecule has 1 amide bonds. The first-order valence-electron chi connectivity index (χ1n) is 11.3. The number of carbonyl (C=O) groups excluding carboxylic acids is 1. The molecule has 5 aromatic rings. The summed E-state index contributed by atoms with van der Waals surface area (Å²) < 4.78 is 14.1. The predicted octanol–water partition coefficient (Wildman–Crippen LogP) is 4.20. The highest BCUT2D eigenvalue weighted by atomic mass is 16.5. The Morgan fingerprint density at radius 2 is 1.78 bits per heavy atom. The molecule has 0 saturated heterocycles. The maximum absolute atomic E-state index is 13.2. The Morgan fingerprint density at radius 1 is 0.972 bits per heavy atom. The van der Waals surface area contributed by atoms with E-state index < -0.39 is 0 Å². The van der Waals surface area contributed by atoms with Crippen LogP contribution in [0.2, 0.25) is 0 Å². The van der Waals surface area contributed by atoms with Crippen molar-refractivity contribution in [1.82, 2.24) is 29.5 Å². The molecule has 1 N–H and O–H groups in total. The van der Waals surface area contributed by atoms with Crippen LogP contribution in [-0.4, -0.2) is 49.7 Å². The van der Waals surface area contributed by atoms with Gasteiger partial charge in [-0.15, -0.1) is 0 Å². The molecular weight excluding hydrogens is 458 g/mol. The third-order valence-electron chi connectivity index (χ3n) is 6.07. The molecule has 0 spiro atoms. The summed E-state index contributed by atoms with van der Waals surface area (Å²) in [4.78, 5) is 22.2. The van der Waals surface area contributed by atoms with E-state index in [2.05, 4.69) is 45.4 Å². The number of carbonyl (C=O) groups is 1. The summed E-state index contributed by atoms with van der Waals surface area (Å²) in [6.07, 6.45) is 3.18. The van der Waals surface area contributed by atoms with Gasteiger partial charge in [0.1, 0.15) is 12.1 Å². The Balaban J connectivity index is 1.58. The third-order valence-corrected chi connectivity index (χ3v) is 6.07. The summed E-state index contributed by atoms with van der Waals surface area (Å²) in [5, 5.41) is 12.8. The summed E-state index contributed by atoms with van der Waals surface area (Å²) in [6.45, 7) is 5.96. The van der Waals surface area contributed by atoms with Crippen LogP contribution in [0.5, 0.6) is 11.5 Å². The molecule has 3 heterocycles. The molecule has 3 aromatic heterocycles. The topological polar surface area (TPSA) is 109 Å². The molecule has 0 aliphatic rings. The van der Waals surface area contributed by atoms with Gasteiger partial charge in [0.15, 0.2) is 23.0 Å². The van der Waals surface area contributed by atoms with Crippen molar-refractivity contribution in [3.63, 3.8) is 0 Å². The van der Waals surface area contributed by atoms with Crippen molar-refractivity contribution in [2.75, 3.05) is 19.5 Å². The van der Waals surface area contributed by atoms with Gasteiger partial charge in [-0.3, -0.25) is 4.79 Å². The van der Waals surface area contributed by atoms with Crippen LogP contribution in [0.4, 0.5) is 5.82 Å². The zero-order valence-electron chi connectivity index (χ0n) is 20.6. The van der Waals surface area contributed by atoms with Crippen molar-refractivity contribution in [3.8, 4) is 23.0 Å². The highest BCUT2D eigenvalue weighted by Gasteiger charge is 2.21. The van der Waals surface area contributed by atoms with Crippen molar-refractivity contribution in [2.24, 2.45) is 0 Å². The fourth-order valence-corrected chi connectivity index (χ4v) is 4.14. The van der Waals surface area contributed by atoms with Crippen LogP contribution in [0.1, 0.15) is 27.2 Å². The minimum atomic E-state index is -0.372. The van der Waals surface area contributed by atoms with E-state index in [0.717, 1.165) is 16.8 Å². The summed E-state index contributed by atoms with van der Waals surface area (Å²) in [6, 6.07) is 13.0. The molecule has 0 saturated carbocycles. The average Bonchev–Trinajstić information content (AvgIpc) is 3.48. The highest BCUT2D eigenvalue weighted by Crippen LogP contribution is 2.32. The van der Waals surface area contributed by atoms with Crippen LogP contribution in [0.15, 0.2) is 55.0 Å². The summed E-state index contributed by atoms with van der Waals surface area (Å²) >= 11 is 0. The van der Waals surface area contributed by atoms with Gasteiger partial charge >= 0.3 is 0 Å². The predicted molar refractivity (Wildman–Crippen MR) is 135 cm³/mol. The van der Waals surface area contributed by atoms with E-state index in [1.54, 1.807) is 39.8 Å². The number of para-hydroxylation sites is 1. The maximum Gasteiger partial charge on any atom is 0.260 e. The fraction of sp³-hybridized carbons (Fsp3) is 0.192. The number of aromatic nitrogens is 6. The number of rotatable bonds is 6. The molecule has 0 unspecified atom stereocenters. The van der Waals surface area contributed by atoms with Crippen molar-refractivity contribution >= 4 is 22.8 Å². The Bertz CT molecular complexity index is 1600. The first kappa shape index (κ1) is 23.0. The lowest BCUT2D eigenvalue weighted by Crippen LogP contribution is -2.17. The van der Waals surface area contributed by atoms with Crippen molar-refractivity contribution in [3.05, 3.63) is 77.4 Å². The van der Waals surface area contributed by atoms with E-state index in [0.29, 0.717) is 45.4 Å². The molecule has 0 bridgehead atoms. The van der Waals surface area contributed by atoms with E-state index in [9.17, 15) is 4.79 Å². The molecule has 0 fully saturated rings. The highest BCUT2D eigenvalue weighted by molar-refractivity contribution is 6.06. The molecule has 5 rings (SSSR count). The van der Waals surface area contributed by atoms with E-state index in [4.69, 9.17) is 9.47 Å². The van der Waals surface area contributed by atoms with Gasteiger partial charge in [-0.25, -0.2) is 14.6 Å². The van der Waals surface area contributed by atoms with E-state index in [1.165, 1.54) is 20.5 Å². The summed E-state index contributed by atoms with van der Waals surface area (Å²) in [5.74, 6) is 1.38. The number of hydrogen-bond donors (Lipinski definition) is 1. The van der Waals surface area contributed by atoms with Crippen LogP contribution in [0.3, 0.4) is 0 Å². The lowest BCUT2D eigenvalue weighted by Gasteiger charge is -2.13. The molecule has 0 aliphatic carbocycles. The lowest BCUT2D eigenvalue weighted by atomic mass is 10.1. The maximum atomic E-state index is 13.2. The standard InChI is InChI=1S/C26H25N7O3/c1-15-8-6-10-20(17(15)3)32-24-19(13-29-32)25(28-14-27-24)33-22(12-16(2)31-33)30-26(34)18-9-7-11-21(35-4)23(18)36-5/h6-14H,1-5H3,(H,30,34). The van der Waals surface area contributed by atoms with E-state index in [-0.39, 0.29) is 5.91 Å². The zero-order valence-corrected chi connectivity index (χ0v) is 20.6. The zero-order chi connectivity index (χ0) is 25.4. The Hall–Kier alpha value is -4.73. The molecule has 0 aliphatic heterocycles. The molecule has 182 valence electrons. The normalized spacial score (nSPS) is 11.0. The van der Waals surface area contributed by atoms with Crippen LogP contribution in [-0.2, 0) is 0 Å². The Kier molecular flexibility index (Phi) is 5.85. The van der Waals surface area contributed by atoms with Gasteiger partial charge in [0, 0.05) is 6.07 Å². The fourth-order valence-electron chi connectivity index (χ4n) is 4.14. The van der Waals surface area contributed by atoms with Gasteiger partial charge in [-0.05, 0) is 50.1 Å². The second kappa shape index (κ2) is 9.14. The van der Waals surface area contributed by atoms with Gasteiger partial charge in [0.2, 0.25) is 0 Å². The van der Waals surface area contributed by atoms with Crippen molar-refractivity contribution < 1.29 is 14.3 Å². The second-order valence-electron chi connectivity index (χ2n) is 8.29. The van der Waals surface area contributed by atoms with Crippen LogP contribution in [0.25, 0.3) is 22.5 Å². The lowest BCUT2D eigenvalue weighted by molar-refractivity contribution is 0.102. The number of nitrogens with one attached hydrogen (secondary N) is 1. The van der Waals surface area contributed by atoms with Crippen molar-refractivity contribution in [1.29, 1.82) is 0 Å². The Labute approximate surface area is 207 Å². The number of anilines is 1. The molecule has 10 heteroatoms. The van der Waals surface area contributed by atoms with Crippen LogP contribution in [0, 0.1) is 20.8 Å². The number of fused-ring (bicyclic) bond motifs is 1. The van der Waals surface area contributed by atoms with Gasteiger partial charge in [0.25, 0.3) is 5.91 Å². The smallest absolute Gasteiger partial charge is 0.260 e. The van der Waals surface area contributed by atoms with Crippen LogP contribution < -0.4 is 14.8 Å². The number of hydrogen-bond acceptors (Lipinski definition) is 7. The largest absolute Gasteiger partial charge is 0.493 e. The first-order valence-corrected chi connectivity index (χ1v) is 11.3. The Morgan fingerprint density at radius 3 is 2.56 bits per heavy atom. The number of ether oxygens (including phenoxy) is 2. The molecule has 2 aromatic carbocycles. The van der Waals surface area contributed by atoms with Gasteiger partial charge in [-0.1, -0.05) is 18.2 Å². The SMILES string of the molecule is COc1cccc(C(=O)Nc2cc(C)nn2-c2ncnc3c2cnn3-c2cccc(C)c2C)c1OC. The molecular formula is C26H25N7O3. The van der Waals surface area contributed by atoms with Crippen molar-refractivity contribution in [2.45, 2.75) is 20.8 Å². The van der Waals surface area contributed by atoms with E-state index in [1.807, 2.05) is 19.1 Å². The first-order chi connectivity index (χ1) is 17.4. The van der Waals surface area contributed by atoms with Gasteiger partial charge in [0.05, 0.1) is 42.7 Å². The second-order valence-corrected chi connectivity index (χ2v) is 8.29. The van der Waals surface area contributed by atoms with Gasteiger partial charge in [-0.2, -0.15) is 14.9 Å². The average molecular weight is 484 g/mol. The monoisotopic (exact) mass is 483 g/mol. The summed E-state index contributed by atoms with van der Waals surface area (Å²) in [5.41, 5.74) is 4.87. The minimum absolute atomic E-state index is 0.331. The number of aryl methyl sites for hydroxylation is 2. The summed E-state index contributed by atoms with van der Waals surface area (Å²) in [7, 11) is 3.02. The number of benzene rings is 2.